The van der Waals surface area contributed by atoms with Crippen LogP contribution in [0.15, 0.2) is 36.4 Å². The van der Waals surface area contributed by atoms with Crippen LogP contribution < -0.4 is 9.64 Å². The lowest BCUT2D eigenvalue weighted by Crippen LogP contribution is -2.39. The summed E-state index contributed by atoms with van der Waals surface area (Å²) in [7, 11) is 0. The third-order valence-corrected chi connectivity index (χ3v) is 8.55. The van der Waals surface area contributed by atoms with E-state index in [1.165, 1.54) is 0 Å². The van der Waals surface area contributed by atoms with Gasteiger partial charge in [-0.2, -0.15) is 0 Å². The van der Waals surface area contributed by atoms with Crippen LogP contribution in [-0.4, -0.2) is 44.8 Å². The number of ether oxygens (including phenoxy) is 2. The van der Waals surface area contributed by atoms with Crippen LogP contribution in [0, 0.1) is 19.3 Å². The molecule has 5 rings (SSSR count). The molecule has 1 aromatic carbocycles. The van der Waals surface area contributed by atoms with Gasteiger partial charge in [0, 0.05) is 35.6 Å². The lowest BCUT2D eigenvalue weighted by molar-refractivity contribution is -0.160. The number of carboxylic acid groups (broad SMARTS) is 1. The summed E-state index contributed by atoms with van der Waals surface area (Å²) >= 11 is 0. The van der Waals surface area contributed by atoms with E-state index in [2.05, 4.69) is 29.8 Å². The van der Waals surface area contributed by atoms with Gasteiger partial charge in [0.15, 0.2) is 6.10 Å². The average Bonchev–Trinajstić information content (AvgIpc) is 2.94. The second-order valence-corrected chi connectivity index (χ2v) is 13.7. The number of aliphatic carboxylic acids is 1. The maximum Gasteiger partial charge on any atom is 0.337 e. The highest BCUT2D eigenvalue weighted by atomic mass is 16.5. The Balaban J connectivity index is 1.65. The summed E-state index contributed by atoms with van der Waals surface area (Å²) in [5, 5.41) is 21.1. The van der Waals surface area contributed by atoms with E-state index in [0.717, 1.165) is 78.3 Å². The lowest BCUT2D eigenvalue weighted by Gasteiger charge is -2.41. The first-order valence-corrected chi connectivity index (χ1v) is 15.3. The van der Waals surface area contributed by atoms with Gasteiger partial charge in [0.2, 0.25) is 0 Å². The Labute approximate surface area is 255 Å². The zero-order valence-electron chi connectivity index (χ0n) is 26.5. The summed E-state index contributed by atoms with van der Waals surface area (Å²) in [6, 6.07) is 12.1. The quantitative estimate of drug-likeness (QED) is 0.308. The molecule has 1 fully saturated rings. The maximum absolute atomic E-state index is 12.8. The molecule has 1 saturated heterocycles. The minimum Gasteiger partial charge on any atom is -0.484 e. The highest BCUT2D eigenvalue weighted by molar-refractivity contribution is 5.88. The number of aromatic nitrogens is 2. The molecule has 230 valence electrons. The fraction of sp³-hybridized carbons (Fsp3) is 0.514. The Hall–Kier alpha value is -3.49. The molecule has 2 aliphatic heterocycles. The monoisotopic (exact) mass is 587 g/mol. The van der Waals surface area contributed by atoms with Crippen LogP contribution in [0.3, 0.4) is 0 Å². The second-order valence-electron chi connectivity index (χ2n) is 13.7. The molecule has 2 N–H and O–H groups in total. The Morgan fingerprint density at radius 1 is 1.14 bits per heavy atom. The van der Waals surface area contributed by atoms with Crippen molar-refractivity contribution in [3.63, 3.8) is 0 Å². The molecule has 0 saturated carbocycles. The predicted molar refractivity (Wildman–Crippen MR) is 167 cm³/mol. The largest absolute Gasteiger partial charge is 0.484 e. The molecule has 8 heteroatoms. The number of aliphatic hydroxyl groups excluding tert-OH is 1. The number of benzene rings is 1. The highest BCUT2D eigenvalue weighted by Crippen LogP contribution is 2.46. The first-order chi connectivity index (χ1) is 20.3. The standard InChI is InChI=1S/C35H45N3O5/c1-21-9-8-10-25(36-21)28-14-11-23-19-24(12-13-27(23)42-28)30-26(20-39)37-22(2)29(32(33(40)41)43-34(3,4)5)31(30)38-17-15-35(6,7)16-18-38/h8-10,12-13,19,28,32,39H,11,14-18,20H2,1-7H3,(H,40,41). The number of piperidine rings is 1. The van der Waals surface area contributed by atoms with Crippen molar-refractivity contribution in [2.24, 2.45) is 5.41 Å². The first kappa shape index (κ1) is 31.0. The molecule has 0 radical (unpaired) electrons. The van der Waals surface area contributed by atoms with Crippen LogP contribution in [0.25, 0.3) is 11.1 Å². The van der Waals surface area contributed by atoms with Gasteiger partial charge >= 0.3 is 5.97 Å². The Morgan fingerprint density at radius 3 is 2.49 bits per heavy atom. The molecular formula is C35H45N3O5. The van der Waals surface area contributed by atoms with Gasteiger partial charge in [-0.25, -0.2) is 4.79 Å². The van der Waals surface area contributed by atoms with Crippen molar-refractivity contribution in [1.82, 2.24) is 9.97 Å². The number of anilines is 1. The second kappa shape index (κ2) is 11.9. The third kappa shape index (κ3) is 6.70. The zero-order chi connectivity index (χ0) is 31.1. The number of fused-ring (bicyclic) bond motifs is 1. The van der Waals surface area contributed by atoms with Gasteiger partial charge in [0.1, 0.15) is 11.9 Å². The van der Waals surface area contributed by atoms with Crippen molar-refractivity contribution in [3.05, 3.63) is 70.3 Å². The number of aryl methyl sites for hydroxylation is 3. The van der Waals surface area contributed by atoms with Gasteiger partial charge < -0.3 is 24.6 Å². The number of aliphatic hydroxyl groups is 1. The molecule has 2 unspecified atom stereocenters. The van der Waals surface area contributed by atoms with Crippen LogP contribution >= 0.6 is 0 Å². The van der Waals surface area contributed by atoms with E-state index >= 15 is 0 Å². The first-order valence-electron chi connectivity index (χ1n) is 15.3. The summed E-state index contributed by atoms with van der Waals surface area (Å²) in [6.07, 6.45) is 2.20. The Morgan fingerprint density at radius 2 is 1.86 bits per heavy atom. The number of pyridine rings is 2. The molecule has 8 nitrogen and oxygen atoms in total. The number of carboxylic acids is 1. The molecule has 0 bridgehead atoms. The SMILES string of the molecule is Cc1cccc(C2CCc3cc(-c4c(CO)nc(C)c(C(OC(C)(C)C)C(=O)O)c4N4CCC(C)(C)CC4)ccc3O2)n1. The highest BCUT2D eigenvalue weighted by Gasteiger charge is 2.37. The fourth-order valence-corrected chi connectivity index (χ4v) is 6.24. The van der Waals surface area contributed by atoms with Crippen LogP contribution in [0.5, 0.6) is 5.75 Å². The normalized spacial score (nSPS) is 19.0. The van der Waals surface area contributed by atoms with Crippen molar-refractivity contribution in [1.29, 1.82) is 0 Å². The van der Waals surface area contributed by atoms with E-state index < -0.39 is 17.7 Å². The van der Waals surface area contributed by atoms with Crippen molar-refractivity contribution < 1.29 is 24.5 Å². The molecule has 4 heterocycles. The summed E-state index contributed by atoms with van der Waals surface area (Å²) in [5.74, 6) is -0.245. The van der Waals surface area contributed by atoms with Crippen molar-refractivity contribution in [3.8, 4) is 16.9 Å². The van der Waals surface area contributed by atoms with Crippen molar-refractivity contribution >= 4 is 11.7 Å². The number of carbonyl (C=O) groups is 1. The van der Waals surface area contributed by atoms with Gasteiger partial charge in [-0.1, -0.05) is 26.0 Å². The number of hydrogen-bond acceptors (Lipinski definition) is 7. The van der Waals surface area contributed by atoms with E-state index in [9.17, 15) is 15.0 Å². The van der Waals surface area contributed by atoms with Crippen LogP contribution in [0.1, 0.15) is 100.0 Å². The number of nitrogens with zero attached hydrogens (tertiary/aromatic N) is 3. The van der Waals surface area contributed by atoms with E-state index in [1.54, 1.807) is 0 Å². The van der Waals surface area contributed by atoms with E-state index in [4.69, 9.17) is 14.5 Å². The van der Waals surface area contributed by atoms with Crippen LogP contribution in [0.4, 0.5) is 5.69 Å². The average molecular weight is 588 g/mol. The molecule has 43 heavy (non-hydrogen) atoms. The smallest absolute Gasteiger partial charge is 0.337 e. The summed E-state index contributed by atoms with van der Waals surface area (Å²) < 4.78 is 12.6. The summed E-state index contributed by atoms with van der Waals surface area (Å²) in [4.78, 5) is 24.5. The molecule has 0 aliphatic carbocycles. The van der Waals surface area contributed by atoms with E-state index in [1.807, 2.05) is 65.0 Å². The molecule has 2 atom stereocenters. The van der Waals surface area contributed by atoms with Crippen LogP contribution in [0.2, 0.25) is 0 Å². The maximum atomic E-state index is 12.8. The fourth-order valence-electron chi connectivity index (χ4n) is 6.24. The van der Waals surface area contributed by atoms with Gasteiger partial charge in [-0.05, 0) is 101 Å². The van der Waals surface area contributed by atoms with E-state index in [0.29, 0.717) is 17.0 Å². The van der Waals surface area contributed by atoms with Gasteiger partial charge in [0.25, 0.3) is 0 Å². The lowest BCUT2D eigenvalue weighted by atomic mass is 9.81. The molecule has 0 amide bonds. The number of rotatable bonds is 7. The molecule has 3 aromatic rings. The molecule has 2 aliphatic rings. The molecule has 0 spiro atoms. The minimum atomic E-state index is -1.22. The summed E-state index contributed by atoms with van der Waals surface area (Å²) in [5.41, 5.74) is 6.53. The Kier molecular flexibility index (Phi) is 8.56. The van der Waals surface area contributed by atoms with Crippen molar-refractivity contribution in [2.45, 2.75) is 98.6 Å². The number of hydrogen-bond donors (Lipinski definition) is 2. The predicted octanol–water partition coefficient (Wildman–Crippen LogP) is 6.89. The van der Waals surface area contributed by atoms with Gasteiger partial charge in [-0.3, -0.25) is 9.97 Å². The minimum absolute atomic E-state index is 0.114. The molecule has 2 aromatic heterocycles. The molecular weight excluding hydrogens is 542 g/mol. The van der Waals surface area contributed by atoms with Crippen LogP contribution in [-0.2, 0) is 22.6 Å². The van der Waals surface area contributed by atoms with Gasteiger partial charge in [-0.15, -0.1) is 0 Å². The summed E-state index contributed by atoms with van der Waals surface area (Å²) in [6.45, 7) is 15.2. The van der Waals surface area contributed by atoms with E-state index in [-0.39, 0.29) is 18.1 Å². The van der Waals surface area contributed by atoms with Crippen molar-refractivity contribution in [2.75, 3.05) is 18.0 Å². The van der Waals surface area contributed by atoms with Gasteiger partial charge in [0.05, 0.1) is 29.3 Å². The zero-order valence-corrected chi connectivity index (χ0v) is 26.5. The third-order valence-electron chi connectivity index (χ3n) is 8.55. The Bertz CT molecular complexity index is 1500. The topological polar surface area (TPSA) is 105 Å².